The smallest absolute Gasteiger partial charge is 0.243 e. The zero-order chi connectivity index (χ0) is 23.6. The van der Waals surface area contributed by atoms with Gasteiger partial charge in [-0.25, -0.2) is 8.42 Å². The lowest BCUT2D eigenvalue weighted by Crippen LogP contribution is -2.52. The van der Waals surface area contributed by atoms with Crippen LogP contribution in [0.5, 0.6) is 11.5 Å². The van der Waals surface area contributed by atoms with Gasteiger partial charge in [-0.1, -0.05) is 24.6 Å². The molecule has 1 fully saturated rings. The Labute approximate surface area is 193 Å². The van der Waals surface area contributed by atoms with E-state index in [9.17, 15) is 18.0 Å². The summed E-state index contributed by atoms with van der Waals surface area (Å²) in [5.74, 6) is 0.836. The number of amides is 1. The normalized spacial score (nSPS) is 19.5. The fraction of sp³-hybridized carbons (Fsp3) is 0.417. The molecule has 9 heteroatoms. The number of hydrogen-bond acceptors (Lipinski definition) is 6. The number of ether oxygens (including phenoxy) is 2. The molecule has 0 radical (unpaired) electrons. The van der Waals surface area contributed by atoms with Gasteiger partial charge in [-0.05, 0) is 56.5 Å². The van der Waals surface area contributed by atoms with E-state index in [-0.39, 0.29) is 29.2 Å². The maximum absolute atomic E-state index is 13.3. The number of rotatable bonds is 6. The van der Waals surface area contributed by atoms with Crippen molar-refractivity contribution in [2.45, 2.75) is 50.1 Å². The molecule has 2 aromatic carbocycles. The fourth-order valence-electron chi connectivity index (χ4n) is 4.17. The largest absolute Gasteiger partial charge is 0.486 e. The Morgan fingerprint density at radius 1 is 1.03 bits per heavy atom. The Hall–Kier alpha value is -2.91. The Balaban J connectivity index is 1.51. The lowest BCUT2D eigenvalue weighted by molar-refractivity contribution is -0.126. The average molecular weight is 473 g/mol. The van der Waals surface area contributed by atoms with Crippen LogP contribution in [0.2, 0.25) is 0 Å². The third-order valence-corrected chi connectivity index (χ3v) is 7.97. The van der Waals surface area contributed by atoms with Crippen molar-refractivity contribution in [3.8, 4) is 11.5 Å². The summed E-state index contributed by atoms with van der Waals surface area (Å²) in [6.07, 6.45) is 1.91. The number of Topliss-reactive ketones (excluding diaryl/α,β-unsaturated/α-hetero) is 1. The van der Waals surface area contributed by atoms with Gasteiger partial charge in [0.15, 0.2) is 17.3 Å². The van der Waals surface area contributed by atoms with Gasteiger partial charge < -0.3 is 14.8 Å². The van der Waals surface area contributed by atoms with Crippen molar-refractivity contribution in [1.82, 2.24) is 9.62 Å². The van der Waals surface area contributed by atoms with E-state index in [1.165, 1.54) is 35.5 Å². The van der Waals surface area contributed by atoms with Gasteiger partial charge in [0, 0.05) is 12.1 Å². The molecule has 2 atom stereocenters. The number of hydrogen-bond donors (Lipinski definition) is 1. The number of benzene rings is 2. The van der Waals surface area contributed by atoms with Crippen molar-refractivity contribution in [1.29, 1.82) is 0 Å². The van der Waals surface area contributed by atoms with Crippen LogP contribution in [0.25, 0.3) is 0 Å². The van der Waals surface area contributed by atoms with Gasteiger partial charge in [0.05, 0.1) is 10.9 Å². The van der Waals surface area contributed by atoms with E-state index in [1.54, 1.807) is 0 Å². The summed E-state index contributed by atoms with van der Waals surface area (Å²) < 4.78 is 39.1. The van der Waals surface area contributed by atoms with E-state index in [4.69, 9.17) is 9.47 Å². The molecule has 176 valence electrons. The second-order valence-electron chi connectivity index (χ2n) is 8.34. The van der Waals surface area contributed by atoms with Crippen LogP contribution in [-0.4, -0.2) is 50.2 Å². The highest BCUT2D eigenvalue weighted by molar-refractivity contribution is 7.89. The van der Waals surface area contributed by atoms with Crippen LogP contribution in [0, 0.1) is 0 Å². The van der Waals surface area contributed by atoms with E-state index in [1.807, 2.05) is 25.1 Å². The minimum Gasteiger partial charge on any atom is -0.486 e. The van der Waals surface area contributed by atoms with E-state index < -0.39 is 16.1 Å². The van der Waals surface area contributed by atoms with Crippen LogP contribution in [0.1, 0.15) is 55.1 Å². The lowest BCUT2D eigenvalue weighted by Gasteiger charge is -2.34. The summed E-state index contributed by atoms with van der Waals surface area (Å²) in [7, 11) is -3.89. The first-order valence-corrected chi connectivity index (χ1v) is 12.5. The number of fused-ring (bicyclic) bond motifs is 1. The molecule has 4 rings (SSSR count). The molecule has 0 aromatic heterocycles. The first-order valence-electron chi connectivity index (χ1n) is 11.1. The first-order chi connectivity index (χ1) is 15.8. The van der Waals surface area contributed by atoms with Gasteiger partial charge in [-0.3, -0.25) is 9.59 Å². The Morgan fingerprint density at radius 2 is 1.73 bits per heavy atom. The van der Waals surface area contributed by atoms with Crippen LogP contribution in [-0.2, 0) is 14.8 Å². The number of nitrogens with zero attached hydrogens (tertiary/aromatic N) is 1. The average Bonchev–Trinajstić information content (AvgIpc) is 2.83. The van der Waals surface area contributed by atoms with E-state index >= 15 is 0 Å². The third kappa shape index (κ3) is 4.89. The lowest BCUT2D eigenvalue weighted by atomic mass is 10.0. The molecule has 0 aliphatic carbocycles. The number of ketones is 1. The predicted molar refractivity (Wildman–Crippen MR) is 122 cm³/mol. The number of sulfonamides is 1. The molecule has 8 nitrogen and oxygen atoms in total. The molecule has 1 saturated heterocycles. The van der Waals surface area contributed by atoms with Gasteiger partial charge in [0.25, 0.3) is 0 Å². The van der Waals surface area contributed by atoms with Crippen LogP contribution in [0.4, 0.5) is 0 Å². The third-order valence-electron chi connectivity index (χ3n) is 6.05. The number of nitrogens with one attached hydrogen (secondary N) is 1. The molecular formula is C24H28N2O6S. The fourth-order valence-corrected chi connectivity index (χ4v) is 5.83. The molecule has 2 unspecified atom stereocenters. The summed E-state index contributed by atoms with van der Waals surface area (Å²) in [5.41, 5.74) is 1.28. The van der Waals surface area contributed by atoms with Crippen molar-refractivity contribution in [3.05, 3.63) is 53.6 Å². The Bertz CT molecular complexity index is 1150. The topological polar surface area (TPSA) is 102 Å². The second-order valence-corrected chi connectivity index (χ2v) is 10.2. The van der Waals surface area contributed by atoms with E-state index in [0.29, 0.717) is 43.1 Å². The van der Waals surface area contributed by atoms with Crippen LogP contribution in [0.15, 0.2) is 47.4 Å². The summed E-state index contributed by atoms with van der Waals surface area (Å²) in [6.45, 7) is 4.53. The highest BCUT2D eigenvalue weighted by Crippen LogP contribution is 2.33. The van der Waals surface area contributed by atoms with E-state index in [2.05, 4.69) is 5.32 Å². The summed E-state index contributed by atoms with van der Waals surface area (Å²) in [4.78, 5) is 24.8. The van der Waals surface area contributed by atoms with Crippen molar-refractivity contribution >= 4 is 21.7 Å². The van der Waals surface area contributed by atoms with E-state index in [0.717, 1.165) is 12.0 Å². The second kappa shape index (κ2) is 9.52. The highest BCUT2D eigenvalue weighted by Gasteiger charge is 2.38. The van der Waals surface area contributed by atoms with Crippen LogP contribution < -0.4 is 14.8 Å². The molecule has 2 aromatic rings. The molecule has 0 saturated carbocycles. The van der Waals surface area contributed by atoms with Gasteiger partial charge >= 0.3 is 0 Å². The van der Waals surface area contributed by atoms with Crippen molar-refractivity contribution in [2.75, 3.05) is 19.8 Å². The molecular weight excluding hydrogens is 444 g/mol. The minimum absolute atomic E-state index is 0.0760. The monoisotopic (exact) mass is 472 g/mol. The molecule has 2 heterocycles. The van der Waals surface area contributed by atoms with Gasteiger partial charge in [0.2, 0.25) is 15.9 Å². The summed E-state index contributed by atoms with van der Waals surface area (Å²) >= 11 is 0. The maximum atomic E-state index is 13.3. The van der Waals surface area contributed by atoms with Gasteiger partial charge in [-0.15, -0.1) is 0 Å². The molecule has 33 heavy (non-hydrogen) atoms. The molecule has 1 N–H and O–H groups in total. The SMILES string of the molecule is CC(=O)c1ccc(S(=O)(=O)N2CCCCC2C(=O)NC(C)c2ccc3c(c2)OCCO3)cc1. The van der Waals surface area contributed by atoms with Crippen LogP contribution >= 0.6 is 0 Å². The number of carbonyl (C=O) groups is 2. The van der Waals surface area contributed by atoms with Crippen molar-refractivity contribution in [3.63, 3.8) is 0 Å². The number of piperidine rings is 1. The molecule has 2 aliphatic rings. The van der Waals surface area contributed by atoms with Crippen molar-refractivity contribution in [2.24, 2.45) is 0 Å². The molecule has 0 spiro atoms. The standard InChI is InChI=1S/C24H28N2O6S/c1-16(19-8-11-22-23(15-19)32-14-13-31-22)25-24(28)21-5-3-4-12-26(21)33(29,30)20-9-6-18(7-10-20)17(2)27/h6-11,15-16,21H,3-5,12-14H2,1-2H3,(H,25,28). The molecule has 0 bridgehead atoms. The molecule has 2 aliphatic heterocycles. The number of carbonyl (C=O) groups excluding carboxylic acids is 2. The van der Waals surface area contributed by atoms with Crippen LogP contribution in [0.3, 0.4) is 0 Å². The Morgan fingerprint density at radius 3 is 2.42 bits per heavy atom. The first kappa shape index (κ1) is 23.3. The Kier molecular flexibility index (Phi) is 6.71. The maximum Gasteiger partial charge on any atom is 0.243 e. The van der Waals surface area contributed by atoms with Crippen molar-refractivity contribution < 1.29 is 27.5 Å². The van der Waals surface area contributed by atoms with Gasteiger partial charge in [-0.2, -0.15) is 4.31 Å². The zero-order valence-electron chi connectivity index (χ0n) is 18.7. The zero-order valence-corrected chi connectivity index (χ0v) is 19.6. The highest BCUT2D eigenvalue weighted by atomic mass is 32.2. The predicted octanol–water partition coefficient (Wildman–Crippen LogP) is 3.08. The molecule has 1 amide bonds. The summed E-state index contributed by atoms with van der Waals surface area (Å²) in [5, 5.41) is 2.96. The minimum atomic E-state index is -3.89. The quantitative estimate of drug-likeness (QED) is 0.649. The summed E-state index contributed by atoms with van der Waals surface area (Å²) in [6, 6.07) is 10.2. The van der Waals surface area contributed by atoms with Gasteiger partial charge in [0.1, 0.15) is 19.3 Å².